The second-order valence-corrected chi connectivity index (χ2v) is 10.3. The van der Waals surface area contributed by atoms with Crippen LogP contribution in [0.25, 0.3) is 0 Å². The number of ether oxygens (including phenoxy) is 2. The molecule has 0 spiro atoms. The van der Waals surface area contributed by atoms with E-state index in [1.54, 1.807) is 32.9 Å². The van der Waals surface area contributed by atoms with Crippen molar-refractivity contribution in [2.45, 2.75) is 27.7 Å². The summed E-state index contributed by atoms with van der Waals surface area (Å²) < 4.78 is 10.1. The zero-order valence-corrected chi connectivity index (χ0v) is 26.8. The maximum absolute atomic E-state index is 13.7. The van der Waals surface area contributed by atoms with Crippen molar-refractivity contribution in [2.24, 2.45) is 4.99 Å². The number of hydrogen-bond donors (Lipinski definition) is 3. The van der Waals surface area contributed by atoms with E-state index in [0.29, 0.717) is 24.3 Å². The van der Waals surface area contributed by atoms with E-state index in [9.17, 15) is 24.3 Å². The van der Waals surface area contributed by atoms with Crippen LogP contribution in [0, 0.1) is 6.92 Å². The van der Waals surface area contributed by atoms with Crippen molar-refractivity contribution in [3.8, 4) is 0 Å². The van der Waals surface area contributed by atoms with Crippen molar-refractivity contribution < 1.29 is 33.8 Å². The van der Waals surface area contributed by atoms with Crippen LogP contribution in [0.3, 0.4) is 0 Å². The van der Waals surface area contributed by atoms with Crippen LogP contribution in [0.5, 0.6) is 0 Å². The van der Waals surface area contributed by atoms with Gasteiger partial charge in [-0.1, -0.05) is 23.2 Å². The molecule has 3 rings (SSSR count). The van der Waals surface area contributed by atoms with Gasteiger partial charge in [0.1, 0.15) is 0 Å². The number of nitrogens with one attached hydrogen (secondary N) is 2. The maximum Gasteiger partial charge on any atom is 0.338 e. The summed E-state index contributed by atoms with van der Waals surface area (Å²) in [5.74, 6) is -3.12. The number of halogens is 2. The molecule has 0 saturated heterocycles. The molecule has 2 amide bonds. The van der Waals surface area contributed by atoms with E-state index in [1.807, 2.05) is 17.9 Å². The largest absolute Gasteiger partial charge is 0.462 e. The highest BCUT2D eigenvalue weighted by atomic mass is 35.5. The molecule has 238 valence electrons. The number of hydrogen-bond acceptors (Lipinski definition) is 9. The number of carbonyl (C=O) groups is 4. The van der Waals surface area contributed by atoms with Crippen LogP contribution in [0.1, 0.15) is 47.1 Å². The second kappa shape index (κ2) is 16.6. The molecule has 0 aromatic heterocycles. The molecular weight excluding hydrogens is 623 g/mol. The SMILES string of the molecule is CCOC(=O)c1ccc(Cl)c(NC(=O)C(=Nc2ccc(N(CC)CCO)cc2C)C(=O)Nc2cc(C(=O)OCC)ccc2Cl)c1. The van der Waals surface area contributed by atoms with Crippen molar-refractivity contribution in [3.05, 3.63) is 81.3 Å². The molecule has 0 atom stereocenters. The fraction of sp³-hybridized carbons (Fsp3) is 0.281. The molecule has 0 aliphatic heterocycles. The van der Waals surface area contributed by atoms with Gasteiger partial charge in [0.15, 0.2) is 5.71 Å². The lowest BCUT2D eigenvalue weighted by atomic mass is 10.1. The summed E-state index contributed by atoms with van der Waals surface area (Å²) in [5.41, 5.74) is 1.58. The fourth-order valence-corrected chi connectivity index (χ4v) is 4.49. The van der Waals surface area contributed by atoms with Crippen LogP contribution in [0.4, 0.5) is 22.7 Å². The fourth-order valence-electron chi connectivity index (χ4n) is 4.17. The van der Waals surface area contributed by atoms with Crippen molar-refractivity contribution >= 4 is 75.4 Å². The van der Waals surface area contributed by atoms with Gasteiger partial charge in [-0.2, -0.15) is 0 Å². The summed E-state index contributed by atoms with van der Waals surface area (Å²) in [7, 11) is 0. The Morgan fingerprint density at radius 3 is 1.73 bits per heavy atom. The summed E-state index contributed by atoms with van der Waals surface area (Å²) in [4.78, 5) is 58.2. The van der Waals surface area contributed by atoms with Gasteiger partial charge in [-0.25, -0.2) is 14.6 Å². The normalized spacial score (nSPS) is 10.5. The topological polar surface area (TPSA) is 147 Å². The molecule has 0 aliphatic carbocycles. The standard InChI is InChI=1S/C32H34Cl2N4O7/c1-5-38(14-15-39)22-10-13-25(19(4)16-22)35-28(29(40)36-26-17-20(8-11-23(26)33)31(42)44-6-2)30(41)37-27-18-21(9-12-24(27)34)32(43)45-7-3/h8-13,16-18,39H,5-7,14-15H2,1-4H3,(H,36,40)(H,37,41). The first kappa shape index (κ1) is 35.0. The molecule has 0 saturated carbocycles. The highest BCUT2D eigenvalue weighted by Crippen LogP contribution is 2.28. The molecule has 45 heavy (non-hydrogen) atoms. The second-order valence-electron chi connectivity index (χ2n) is 9.47. The van der Waals surface area contributed by atoms with Crippen LogP contribution in [0.15, 0.2) is 59.6 Å². The monoisotopic (exact) mass is 656 g/mol. The van der Waals surface area contributed by atoms with E-state index in [1.165, 1.54) is 36.4 Å². The number of amides is 2. The maximum atomic E-state index is 13.7. The van der Waals surface area contributed by atoms with Crippen LogP contribution in [0.2, 0.25) is 10.0 Å². The Balaban J connectivity index is 2.05. The summed E-state index contributed by atoms with van der Waals surface area (Å²) in [6.07, 6.45) is 0. The average Bonchev–Trinajstić information content (AvgIpc) is 3.01. The average molecular weight is 658 g/mol. The molecule has 0 fully saturated rings. The number of likely N-dealkylation sites (N-methyl/N-ethyl adjacent to an activating group) is 1. The number of rotatable bonds is 13. The van der Waals surface area contributed by atoms with Crippen LogP contribution >= 0.6 is 23.2 Å². The third-order valence-corrected chi connectivity index (χ3v) is 7.07. The number of nitrogens with zero attached hydrogens (tertiary/aromatic N) is 2. The van der Waals surface area contributed by atoms with Gasteiger partial charge in [0.25, 0.3) is 11.8 Å². The van der Waals surface area contributed by atoms with E-state index in [0.717, 1.165) is 5.69 Å². The number of aryl methyl sites for hydroxylation is 1. The highest BCUT2D eigenvalue weighted by molar-refractivity contribution is 6.69. The minimum Gasteiger partial charge on any atom is -0.462 e. The number of benzene rings is 3. The van der Waals surface area contributed by atoms with Gasteiger partial charge >= 0.3 is 11.9 Å². The number of anilines is 3. The van der Waals surface area contributed by atoms with E-state index >= 15 is 0 Å². The summed E-state index contributed by atoms with van der Waals surface area (Å²) in [6, 6.07) is 13.6. The summed E-state index contributed by atoms with van der Waals surface area (Å²) in [5, 5.41) is 14.7. The molecule has 0 aliphatic rings. The quantitative estimate of drug-likeness (QED) is 0.118. The molecule has 11 nitrogen and oxygen atoms in total. The number of carbonyl (C=O) groups excluding carboxylic acids is 4. The van der Waals surface area contributed by atoms with Gasteiger partial charge in [-0.3, -0.25) is 9.59 Å². The van der Waals surface area contributed by atoms with Crippen LogP contribution in [-0.2, 0) is 19.1 Å². The smallest absolute Gasteiger partial charge is 0.338 e. The van der Waals surface area contributed by atoms with Crippen molar-refractivity contribution in [1.82, 2.24) is 0 Å². The first-order valence-electron chi connectivity index (χ1n) is 14.1. The van der Waals surface area contributed by atoms with E-state index < -0.39 is 29.5 Å². The predicted octanol–water partition coefficient (Wildman–Crippen LogP) is 5.82. The Hall–Kier alpha value is -4.45. The van der Waals surface area contributed by atoms with Gasteiger partial charge in [-0.15, -0.1) is 0 Å². The van der Waals surface area contributed by atoms with Crippen molar-refractivity contribution in [3.63, 3.8) is 0 Å². The summed E-state index contributed by atoms with van der Waals surface area (Å²) >= 11 is 12.6. The molecule has 3 aromatic rings. The zero-order chi connectivity index (χ0) is 33.1. The van der Waals surface area contributed by atoms with Gasteiger partial charge in [-0.05, 0) is 87.9 Å². The van der Waals surface area contributed by atoms with Crippen LogP contribution in [-0.4, -0.2) is 67.5 Å². The van der Waals surface area contributed by atoms with E-state index in [-0.39, 0.29) is 52.4 Å². The number of aliphatic imine (C=N–C) groups is 1. The predicted molar refractivity (Wildman–Crippen MR) is 175 cm³/mol. The third kappa shape index (κ3) is 9.27. The first-order chi connectivity index (χ1) is 21.5. The van der Waals surface area contributed by atoms with Gasteiger partial charge < -0.3 is 30.1 Å². The minimum atomic E-state index is -0.938. The number of esters is 2. The first-order valence-corrected chi connectivity index (χ1v) is 14.9. The third-order valence-electron chi connectivity index (χ3n) is 6.41. The molecule has 3 aromatic carbocycles. The molecular formula is C32H34Cl2N4O7. The lowest BCUT2D eigenvalue weighted by Gasteiger charge is -2.22. The Morgan fingerprint density at radius 1 is 0.800 bits per heavy atom. The van der Waals surface area contributed by atoms with Gasteiger partial charge in [0.2, 0.25) is 0 Å². The highest BCUT2D eigenvalue weighted by Gasteiger charge is 2.24. The van der Waals surface area contributed by atoms with Gasteiger partial charge in [0, 0.05) is 18.8 Å². The summed E-state index contributed by atoms with van der Waals surface area (Å²) in [6.45, 7) is 8.37. The Morgan fingerprint density at radius 2 is 1.31 bits per heavy atom. The lowest BCUT2D eigenvalue weighted by Crippen LogP contribution is -2.34. The van der Waals surface area contributed by atoms with Crippen molar-refractivity contribution in [2.75, 3.05) is 48.4 Å². The van der Waals surface area contributed by atoms with E-state index in [4.69, 9.17) is 32.7 Å². The van der Waals surface area contributed by atoms with Gasteiger partial charge in [0.05, 0.1) is 58.1 Å². The Labute approximate surface area is 271 Å². The van der Waals surface area contributed by atoms with Crippen molar-refractivity contribution in [1.29, 1.82) is 0 Å². The molecule has 0 heterocycles. The number of aliphatic hydroxyl groups excluding tert-OH is 1. The molecule has 13 heteroatoms. The molecule has 3 N–H and O–H groups in total. The van der Waals surface area contributed by atoms with E-state index in [2.05, 4.69) is 15.6 Å². The molecule has 0 unspecified atom stereocenters. The van der Waals surface area contributed by atoms with Crippen LogP contribution < -0.4 is 15.5 Å². The molecule has 0 radical (unpaired) electrons. The number of aliphatic hydroxyl groups is 1. The minimum absolute atomic E-state index is 0.0306. The Kier molecular flexibility index (Phi) is 12.9. The Bertz CT molecular complexity index is 1530. The lowest BCUT2D eigenvalue weighted by molar-refractivity contribution is -0.114. The molecule has 0 bridgehead atoms. The zero-order valence-electron chi connectivity index (χ0n) is 25.3.